The number of rotatable bonds is 7. The number of nitrogens with zero attached hydrogens (tertiary/aromatic N) is 2. The van der Waals surface area contributed by atoms with Gasteiger partial charge in [-0.3, -0.25) is 9.48 Å². The van der Waals surface area contributed by atoms with Crippen LogP contribution in [0.4, 0.5) is 4.39 Å². The van der Waals surface area contributed by atoms with Gasteiger partial charge in [0, 0.05) is 12.2 Å². The zero-order valence-corrected chi connectivity index (χ0v) is 13.7. The highest BCUT2D eigenvalue weighted by molar-refractivity contribution is 7.89. The first kappa shape index (κ1) is 17.9. The molecule has 0 radical (unpaired) electrons. The normalized spacial score (nSPS) is 12.8. The highest BCUT2D eigenvalue weighted by atomic mass is 32.2. The molecule has 1 aromatic carbocycles. The number of hydrogen-bond acceptors (Lipinski definition) is 5. The Labute approximate surface area is 137 Å². The minimum Gasteiger partial charge on any atom is -0.494 e. The maximum Gasteiger partial charge on any atom is 0.325 e. The first-order chi connectivity index (χ1) is 11.2. The molecule has 0 aliphatic carbocycles. The Kier molecular flexibility index (Phi) is 5.20. The van der Waals surface area contributed by atoms with Gasteiger partial charge in [-0.25, -0.2) is 17.5 Å². The van der Waals surface area contributed by atoms with Crippen LogP contribution in [0.15, 0.2) is 35.5 Å². The molecule has 0 amide bonds. The third-order valence-electron chi connectivity index (χ3n) is 3.22. The van der Waals surface area contributed by atoms with E-state index in [0.717, 1.165) is 17.1 Å². The van der Waals surface area contributed by atoms with E-state index >= 15 is 0 Å². The van der Waals surface area contributed by atoms with E-state index < -0.39 is 34.4 Å². The number of ether oxygens (including phenoxy) is 1. The quantitative estimate of drug-likeness (QED) is 0.769. The number of methoxy groups -OCH3 is 1. The average Bonchev–Trinajstić information content (AvgIpc) is 2.95. The Morgan fingerprint density at radius 3 is 2.79 bits per heavy atom. The summed E-state index contributed by atoms with van der Waals surface area (Å²) in [6.07, 6.45) is 2.16. The summed E-state index contributed by atoms with van der Waals surface area (Å²) >= 11 is 0. The van der Waals surface area contributed by atoms with Crippen molar-refractivity contribution in [3.05, 3.63) is 42.0 Å². The smallest absolute Gasteiger partial charge is 0.325 e. The number of carboxylic acids is 1. The van der Waals surface area contributed by atoms with Crippen molar-refractivity contribution in [2.45, 2.75) is 24.4 Å². The van der Waals surface area contributed by atoms with Crippen LogP contribution in [-0.2, 0) is 21.4 Å². The van der Waals surface area contributed by atoms with Gasteiger partial charge in [0.15, 0.2) is 11.6 Å². The molecule has 1 atom stereocenters. The van der Waals surface area contributed by atoms with E-state index in [4.69, 9.17) is 9.84 Å². The number of benzene rings is 1. The standard InChI is InChI=1S/C14H16FN3O5S/c1-9(10-3-4-13(23-2)12(15)5-10)17-24(21,22)11-6-16-18(7-11)8-14(19)20/h3-7,9,17H,8H2,1-2H3,(H,19,20). The summed E-state index contributed by atoms with van der Waals surface area (Å²) in [5.74, 6) is -1.68. The fourth-order valence-corrected chi connectivity index (χ4v) is 3.21. The lowest BCUT2D eigenvalue weighted by Crippen LogP contribution is -2.26. The number of halogens is 1. The van der Waals surface area contributed by atoms with E-state index in [1.54, 1.807) is 13.0 Å². The summed E-state index contributed by atoms with van der Waals surface area (Å²) in [4.78, 5) is 10.4. The van der Waals surface area contributed by atoms with E-state index in [9.17, 15) is 17.6 Å². The number of nitrogens with one attached hydrogen (secondary N) is 1. The fourth-order valence-electron chi connectivity index (χ4n) is 2.03. The predicted molar refractivity (Wildman–Crippen MR) is 81.6 cm³/mol. The average molecular weight is 357 g/mol. The lowest BCUT2D eigenvalue weighted by atomic mass is 10.1. The van der Waals surface area contributed by atoms with Crippen LogP contribution in [0.1, 0.15) is 18.5 Å². The van der Waals surface area contributed by atoms with Crippen molar-refractivity contribution in [3.8, 4) is 5.75 Å². The van der Waals surface area contributed by atoms with Gasteiger partial charge in [-0.1, -0.05) is 6.07 Å². The van der Waals surface area contributed by atoms with Crippen LogP contribution < -0.4 is 9.46 Å². The van der Waals surface area contributed by atoms with Crippen LogP contribution in [0.5, 0.6) is 5.75 Å². The molecule has 0 aliphatic rings. The third-order valence-corrected chi connectivity index (χ3v) is 4.72. The van der Waals surface area contributed by atoms with Crippen molar-refractivity contribution in [2.75, 3.05) is 7.11 Å². The number of aromatic nitrogens is 2. The molecule has 0 bridgehead atoms. The van der Waals surface area contributed by atoms with Gasteiger partial charge in [0.1, 0.15) is 11.4 Å². The molecule has 0 saturated carbocycles. The maximum absolute atomic E-state index is 13.7. The molecule has 24 heavy (non-hydrogen) atoms. The van der Waals surface area contributed by atoms with Crippen molar-refractivity contribution in [1.29, 1.82) is 0 Å². The summed E-state index contributed by atoms with van der Waals surface area (Å²) in [5.41, 5.74) is 0.412. The zero-order chi connectivity index (χ0) is 17.9. The zero-order valence-electron chi connectivity index (χ0n) is 12.9. The summed E-state index contributed by atoms with van der Waals surface area (Å²) < 4.78 is 46.5. The van der Waals surface area contributed by atoms with Crippen molar-refractivity contribution in [1.82, 2.24) is 14.5 Å². The SMILES string of the molecule is COc1ccc(C(C)NS(=O)(=O)c2cnn(CC(=O)O)c2)cc1F. The van der Waals surface area contributed by atoms with Crippen LogP contribution >= 0.6 is 0 Å². The Balaban J connectivity index is 2.17. The van der Waals surface area contributed by atoms with Gasteiger partial charge in [0.25, 0.3) is 0 Å². The Morgan fingerprint density at radius 1 is 1.50 bits per heavy atom. The molecule has 10 heteroatoms. The van der Waals surface area contributed by atoms with Crippen molar-refractivity contribution in [3.63, 3.8) is 0 Å². The molecule has 1 aromatic heterocycles. The number of carboxylic acid groups (broad SMARTS) is 1. The van der Waals surface area contributed by atoms with Crippen LogP contribution in [0.2, 0.25) is 0 Å². The maximum atomic E-state index is 13.7. The van der Waals surface area contributed by atoms with E-state index in [1.807, 2.05) is 0 Å². The van der Waals surface area contributed by atoms with E-state index in [1.165, 1.54) is 19.2 Å². The minimum absolute atomic E-state index is 0.0590. The largest absolute Gasteiger partial charge is 0.494 e. The highest BCUT2D eigenvalue weighted by Crippen LogP contribution is 2.23. The van der Waals surface area contributed by atoms with E-state index in [-0.39, 0.29) is 10.6 Å². The summed E-state index contributed by atoms with van der Waals surface area (Å²) in [7, 11) is -2.60. The Bertz CT molecular complexity index is 850. The molecule has 1 unspecified atom stereocenters. The molecule has 0 saturated heterocycles. The molecule has 0 fully saturated rings. The second-order valence-corrected chi connectivity index (χ2v) is 6.72. The summed E-state index contributed by atoms with van der Waals surface area (Å²) in [5, 5.41) is 12.3. The van der Waals surface area contributed by atoms with Gasteiger partial charge in [-0.05, 0) is 24.6 Å². The second-order valence-electron chi connectivity index (χ2n) is 5.00. The van der Waals surface area contributed by atoms with Crippen LogP contribution in [0, 0.1) is 5.82 Å². The van der Waals surface area contributed by atoms with Crippen molar-refractivity contribution in [2.24, 2.45) is 0 Å². The molecule has 8 nitrogen and oxygen atoms in total. The van der Waals surface area contributed by atoms with Crippen molar-refractivity contribution < 1.29 is 27.4 Å². The Morgan fingerprint density at radius 2 is 2.21 bits per heavy atom. The van der Waals surface area contributed by atoms with Gasteiger partial charge in [-0.15, -0.1) is 0 Å². The second kappa shape index (κ2) is 6.97. The van der Waals surface area contributed by atoms with Crippen molar-refractivity contribution >= 4 is 16.0 Å². The topological polar surface area (TPSA) is 111 Å². The monoisotopic (exact) mass is 357 g/mol. The lowest BCUT2D eigenvalue weighted by Gasteiger charge is -2.14. The summed E-state index contributed by atoms with van der Waals surface area (Å²) in [6.45, 7) is 1.11. The Hall–Kier alpha value is -2.46. The summed E-state index contributed by atoms with van der Waals surface area (Å²) in [6, 6.07) is 3.42. The molecule has 1 heterocycles. The van der Waals surface area contributed by atoms with Crippen LogP contribution in [0.3, 0.4) is 0 Å². The highest BCUT2D eigenvalue weighted by Gasteiger charge is 2.21. The minimum atomic E-state index is -3.93. The predicted octanol–water partition coefficient (Wildman–Crippen LogP) is 1.15. The first-order valence-corrected chi connectivity index (χ1v) is 8.31. The molecule has 2 rings (SSSR count). The van der Waals surface area contributed by atoms with Gasteiger partial charge in [0.05, 0.1) is 13.3 Å². The molecule has 2 aromatic rings. The molecular weight excluding hydrogens is 341 g/mol. The molecule has 2 N–H and O–H groups in total. The first-order valence-electron chi connectivity index (χ1n) is 6.83. The fraction of sp³-hybridized carbons (Fsp3) is 0.286. The van der Waals surface area contributed by atoms with Gasteiger partial charge < -0.3 is 9.84 Å². The van der Waals surface area contributed by atoms with Crippen LogP contribution in [-0.4, -0.2) is 36.4 Å². The van der Waals surface area contributed by atoms with Gasteiger partial charge >= 0.3 is 5.97 Å². The molecule has 0 spiro atoms. The number of sulfonamides is 1. The number of hydrogen-bond donors (Lipinski definition) is 2. The lowest BCUT2D eigenvalue weighted by molar-refractivity contribution is -0.137. The number of aliphatic carboxylic acids is 1. The van der Waals surface area contributed by atoms with E-state index in [2.05, 4.69) is 9.82 Å². The third kappa shape index (κ3) is 4.09. The molecule has 130 valence electrons. The van der Waals surface area contributed by atoms with Crippen LogP contribution in [0.25, 0.3) is 0 Å². The van der Waals surface area contributed by atoms with E-state index in [0.29, 0.717) is 5.56 Å². The number of carbonyl (C=O) groups is 1. The molecule has 0 aliphatic heterocycles. The molecular formula is C14H16FN3O5S. The van der Waals surface area contributed by atoms with Gasteiger partial charge in [-0.2, -0.15) is 5.10 Å². The van der Waals surface area contributed by atoms with Gasteiger partial charge in [0.2, 0.25) is 10.0 Å².